The summed E-state index contributed by atoms with van der Waals surface area (Å²) in [7, 11) is 1.62. The van der Waals surface area contributed by atoms with E-state index < -0.39 is 0 Å². The van der Waals surface area contributed by atoms with E-state index in [-0.39, 0.29) is 5.91 Å². The number of methoxy groups -OCH3 is 1. The quantitative estimate of drug-likeness (QED) is 0.436. The molecule has 4 aromatic rings. The highest BCUT2D eigenvalue weighted by Crippen LogP contribution is 2.25. The Labute approximate surface area is 185 Å². The highest BCUT2D eigenvalue weighted by atomic mass is 79.9. The van der Waals surface area contributed by atoms with Crippen LogP contribution in [0.15, 0.2) is 51.8 Å². The minimum absolute atomic E-state index is 0.123. The highest BCUT2D eigenvalue weighted by molar-refractivity contribution is 9.10. The molecule has 0 atom stereocenters. The zero-order valence-electron chi connectivity index (χ0n) is 16.6. The molecule has 0 radical (unpaired) electrons. The van der Waals surface area contributed by atoms with Gasteiger partial charge in [-0.15, -0.1) is 5.10 Å². The van der Waals surface area contributed by atoms with E-state index in [9.17, 15) is 4.79 Å². The Hall–Kier alpha value is -3.47. The van der Waals surface area contributed by atoms with Crippen molar-refractivity contribution in [1.82, 2.24) is 29.9 Å². The maximum atomic E-state index is 12.6. The molecule has 158 valence electrons. The number of halogens is 1. The zero-order valence-corrected chi connectivity index (χ0v) is 18.2. The summed E-state index contributed by atoms with van der Waals surface area (Å²) in [5.74, 6) is 1.62. The molecule has 1 saturated heterocycles. The molecule has 1 aromatic carbocycles. The van der Waals surface area contributed by atoms with Crippen molar-refractivity contribution in [2.24, 2.45) is 0 Å². The lowest BCUT2D eigenvalue weighted by atomic mass is 10.2. The number of anilines is 1. The van der Waals surface area contributed by atoms with E-state index in [2.05, 4.69) is 41.1 Å². The number of amides is 1. The standard InChI is InChI=1S/C20H18BrN7O3/c1-30-14-4-2-3-13(11-14)28-19-17(24-25-28)18(22-12-23-19)26-7-9-27(10-8-26)20(29)15-5-6-16(21)31-15/h2-6,11-12H,7-10H2,1H3. The van der Waals surface area contributed by atoms with Crippen LogP contribution in [0.5, 0.6) is 5.75 Å². The van der Waals surface area contributed by atoms with E-state index >= 15 is 0 Å². The van der Waals surface area contributed by atoms with Gasteiger partial charge in [-0.1, -0.05) is 11.3 Å². The van der Waals surface area contributed by atoms with E-state index in [1.165, 1.54) is 6.33 Å². The monoisotopic (exact) mass is 483 g/mol. The van der Waals surface area contributed by atoms with Gasteiger partial charge in [-0.05, 0) is 40.2 Å². The van der Waals surface area contributed by atoms with Gasteiger partial charge < -0.3 is 19.0 Å². The number of piperazine rings is 1. The third-order valence-electron chi connectivity index (χ3n) is 5.17. The van der Waals surface area contributed by atoms with Crippen molar-refractivity contribution < 1.29 is 13.9 Å². The van der Waals surface area contributed by atoms with Gasteiger partial charge in [0.1, 0.15) is 12.1 Å². The highest BCUT2D eigenvalue weighted by Gasteiger charge is 2.26. The minimum Gasteiger partial charge on any atom is -0.497 e. The molecular weight excluding hydrogens is 466 g/mol. The molecule has 0 aliphatic carbocycles. The predicted octanol–water partition coefficient (Wildman–Crippen LogP) is 2.54. The van der Waals surface area contributed by atoms with Gasteiger partial charge in [0.25, 0.3) is 5.91 Å². The molecule has 0 spiro atoms. The third kappa shape index (κ3) is 3.61. The summed E-state index contributed by atoms with van der Waals surface area (Å²) in [5, 5.41) is 8.62. The number of hydrogen-bond donors (Lipinski definition) is 0. The van der Waals surface area contributed by atoms with Crippen molar-refractivity contribution in [1.29, 1.82) is 0 Å². The first-order chi connectivity index (χ1) is 15.1. The maximum Gasteiger partial charge on any atom is 0.289 e. The van der Waals surface area contributed by atoms with Crippen LogP contribution in [0.4, 0.5) is 5.82 Å². The molecule has 0 bridgehead atoms. The summed E-state index contributed by atoms with van der Waals surface area (Å²) >= 11 is 3.23. The van der Waals surface area contributed by atoms with Crippen LogP contribution in [0.25, 0.3) is 16.9 Å². The Morgan fingerprint density at radius 3 is 2.71 bits per heavy atom. The second-order valence-corrected chi connectivity index (χ2v) is 7.74. The lowest BCUT2D eigenvalue weighted by Gasteiger charge is -2.34. The number of aromatic nitrogens is 5. The molecule has 1 amide bonds. The van der Waals surface area contributed by atoms with Crippen molar-refractivity contribution in [2.45, 2.75) is 0 Å². The predicted molar refractivity (Wildman–Crippen MR) is 116 cm³/mol. The zero-order chi connectivity index (χ0) is 21.4. The normalized spacial score (nSPS) is 14.3. The topological polar surface area (TPSA) is 102 Å². The summed E-state index contributed by atoms with van der Waals surface area (Å²) in [5.41, 5.74) is 2.02. The van der Waals surface area contributed by atoms with Crippen LogP contribution in [0, 0.1) is 0 Å². The van der Waals surface area contributed by atoms with Crippen molar-refractivity contribution in [3.63, 3.8) is 0 Å². The summed E-state index contributed by atoms with van der Waals surface area (Å²) in [6.45, 7) is 2.33. The first-order valence-corrected chi connectivity index (χ1v) is 10.4. The van der Waals surface area contributed by atoms with Crippen LogP contribution in [0.2, 0.25) is 0 Å². The Kier molecular flexibility index (Phi) is 5.02. The number of hydrogen-bond acceptors (Lipinski definition) is 8. The van der Waals surface area contributed by atoms with Crippen molar-refractivity contribution in [2.75, 3.05) is 38.2 Å². The van der Waals surface area contributed by atoms with Gasteiger partial charge in [0.15, 0.2) is 27.4 Å². The van der Waals surface area contributed by atoms with E-state index in [0.717, 1.165) is 11.4 Å². The second kappa shape index (κ2) is 7.99. The van der Waals surface area contributed by atoms with Crippen molar-refractivity contribution >= 4 is 38.8 Å². The number of fused-ring (bicyclic) bond motifs is 1. The Balaban J connectivity index is 1.38. The maximum absolute atomic E-state index is 12.6. The molecule has 0 unspecified atom stereocenters. The Morgan fingerprint density at radius 1 is 1.13 bits per heavy atom. The largest absolute Gasteiger partial charge is 0.497 e. The summed E-state index contributed by atoms with van der Waals surface area (Å²) in [6.07, 6.45) is 1.51. The number of ether oxygens (including phenoxy) is 1. The fourth-order valence-corrected chi connectivity index (χ4v) is 3.90. The van der Waals surface area contributed by atoms with Gasteiger partial charge in [0.05, 0.1) is 12.8 Å². The first-order valence-electron chi connectivity index (χ1n) is 9.64. The number of rotatable bonds is 4. The molecule has 4 heterocycles. The number of nitrogens with zero attached hydrogens (tertiary/aromatic N) is 7. The van der Waals surface area contributed by atoms with Crippen LogP contribution >= 0.6 is 15.9 Å². The van der Waals surface area contributed by atoms with Crippen LogP contribution in [0.3, 0.4) is 0 Å². The van der Waals surface area contributed by atoms with Crippen LogP contribution < -0.4 is 9.64 Å². The van der Waals surface area contributed by atoms with Crippen LogP contribution in [-0.4, -0.2) is 69.1 Å². The molecule has 5 rings (SSSR count). The molecule has 0 saturated carbocycles. The summed E-state index contributed by atoms with van der Waals surface area (Å²) in [4.78, 5) is 25.3. The first kappa shape index (κ1) is 19.5. The molecule has 3 aromatic heterocycles. The Bertz CT molecular complexity index is 1250. The van der Waals surface area contributed by atoms with Gasteiger partial charge in [-0.25, -0.2) is 9.97 Å². The molecule has 1 fully saturated rings. The third-order valence-corrected chi connectivity index (χ3v) is 5.59. The lowest BCUT2D eigenvalue weighted by molar-refractivity contribution is 0.0713. The summed E-state index contributed by atoms with van der Waals surface area (Å²) < 4.78 is 12.9. The number of benzene rings is 1. The van der Waals surface area contributed by atoms with Crippen LogP contribution in [0.1, 0.15) is 10.6 Å². The van der Waals surface area contributed by atoms with E-state index in [1.807, 2.05) is 24.3 Å². The molecule has 31 heavy (non-hydrogen) atoms. The Morgan fingerprint density at radius 2 is 1.97 bits per heavy atom. The van der Waals surface area contributed by atoms with Crippen molar-refractivity contribution in [3.8, 4) is 11.4 Å². The average Bonchev–Trinajstić information content (AvgIpc) is 3.45. The molecule has 1 aliphatic heterocycles. The second-order valence-electron chi connectivity index (χ2n) is 6.96. The van der Waals surface area contributed by atoms with E-state index in [1.54, 1.807) is 28.8 Å². The lowest BCUT2D eigenvalue weighted by Crippen LogP contribution is -2.49. The average molecular weight is 484 g/mol. The smallest absolute Gasteiger partial charge is 0.289 e. The van der Waals surface area contributed by atoms with Crippen LogP contribution in [-0.2, 0) is 0 Å². The molecule has 0 N–H and O–H groups in total. The van der Waals surface area contributed by atoms with Gasteiger partial charge in [-0.2, -0.15) is 4.68 Å². The summed E-state index contributed by atoms with van der Waals surface area (Å²) in [6, 6.07) is 10.9. The van der Waals surface area contributed by atoms with Gasteiger partial charge in [0.2, 0.25) is 0 Å². The molecule has 11 heteroatoms. The number of carbonyl (C=O) groups is 1. The molecular formula is C20H18BrN7O3. The van der Waals surface area contributed by atoms with Gasteiger partial charge in [-0.3, -0.25) is 4.79 Å². The SMILES string of the molecule is COc1cccc(-n2nnc3c(N4CCN(C(=O)c5ccc(Br)o5)CC4)ncnc32)c1. The minimum atomic E-state index is -0.123. The van der Waals surface area contributed by atoms with Gasteiger partial charge in [0, 0.05) is 32.2 Å². The van der Waals surface area contributed by atoms with Gasteiger partial charge >= 0.3 is 0 Å². The van der Waals surface area contributed by atoms with Crippen molar-refractivity contribution in [3.05, 3.63) is 53.2 Å². The molecule has 1 aliphatic rings. The van der Waals surface area contributed by atoms with E-state index in [0.29, 0.717) is 53.6 Å². The number of furan rings is 1. The molecule has 10 nitrogen and oxygen atoms in total. The van der Waals surface area contributed by atoms with E-state index in [4.69, 9.17) is 9.15 Å². The number of carbonyl (C=O) groups excluding carboxylic acids is 1. The fraction of sp³-hybridized carbons (Fsp3) is 0.250. The fourth-order valence-electron chi connectivity index (χ4n) is 3.59.